The van der Waals surface area contributed by atoms with Gasteiger partial charge in [0, 0.05) is 31.9 Å². The van der Waals surface area contributed by atoms with E-state index in [0.29, 0.717) is 38.5 Å². The van der Waals surface area contributed by atoms with Gasteiger partial charge in [0.25, 0.3) is 0 Å². The third kappa shape index (κ3) is 3.67. The second-order valence-corrected chi connectivity index (χ2v) is 9.92. The lowest BCUT2D eigenvalue weighted by atomic mass is 9.81. The van der Waals surface area contributed by atoms with Gasteiger partial charge < -0.3 is 19.3 Å². The number of hydrogen-bond donors (Lipinski definition) is 0. The molecule has 4 heterocycles. The minimum Gasteiger partial charge on any atom is -0.486 e. The van der Waals surface area contributed by atoms with Crippen LogP contribution in [0.2, 0.25) is 0 Å². The van der Waals surface area contributed by atoms with Crippen molar-refractivity contribution < 1.29 is 19.1 Å². The maximum absolute atomic E-state index is 13.6. The average Bonchev–Trinajstić information content (AvgIpc) is 3.29. The standard InChI is InChI=1S/C23H31N3O4S/c1-2-3-8-26-21(27)18-15-31-16-25(18)22(28)23(26)6-9-24(10-7-23)14-17-4-5-19-20(13-17)30-12-11-29-19/h4-5,13,18H,2-3,6-12,14-16H2,1H3. The van der Waals surface area contributed by atoms with Crippen LogP contribution in [0, 0.1) is 0 Å². The van der Waals surface area contributed by atoms with Gasteiger partial charge in [-0.05, 0) is 37.0 Å². The lowest BCUT2D eigenvalue weighted by Gasteiger charge is -2.53. The van der Waals surface area contributed by atoms with Gasteiger partial charge in [-0.1, -0.05) is 19.4 Å². The lowest BCUT2D eigenvalue weighted by Crippen LogP contribution is -2.72. The lowest BCUT2D eigenvalue weighted by molar-refractivity contribution is -0.172. The highest BCUT2D eigenvalue weighted by Gasteiger charge is 2.57. The molecule has 0 aliphatic carbocycles. The zero-order valence-electron chi connectivity index (χ0n) is 18.2. The van der Waals surface area contributed by atoms with Gasteiger partial charge in [-0.25, -0.2) is 0 Å². The molecule has 168 valence electrons. The highest BCUT2D eigenvalue weighted by molar-refractivity contribution is 7.99. The van der Waals surface area contributed by atoms with E-state index in [1.807, 2.05) is 15.9 Å². The third-order valence-corrected chi connectivity index (χ3v) is 8.05. The van der Waals surface area contributed by atoms with E-state index in [2.05, 4.69) is 24.0 Å². The van der Waals surface area contributed by atoms with Crippen molar-refractivity contribution >= 4 is 23.6 Å². The van der Waals surface area contributed by atoms with Gasteiger partial charge in [-0.15, -0.1) is 11.8 Å². The molecule has 0 radical (unpaired) electrons. The summed E-state index contributed by atoms with van der Waals surface area (Å²) in [5, 5.41) is 0. The maximum atomic E-state index is 13.6. The van der Waals surface area contributed by atoms with Crippen molar-refractivity contribution in [3.8, 4) is 11.5 Å². The summed E-state index contributed by atoms with van der Waals surface area (Å²) in [5.41, 5.74) is 0.529. The highest BCUT2D eigenvalue weighted by atomic mass is 32.2. The molecule has 3 fully saturated rings. The van der Waals surface area contributed by atoms with E-state index in [4.69, 9.17) is 9.47 Å². The van der Waals surface area contributed by atoms with Gasteiger partial charge in [0.15, 0.2) is 11.5 Å². The fraction of sp³-hybridized carbons (Fsp3) is 0.652. The van der Waals surface area contributed by atoms with Crippen LogP contribution in [-0.2, 0) is 16.1 Å². The van der Waals surface area contributed by atoms with Crippen molar-refractivity contribution in [2.75, 3.05) is 44.5 Å². The van der Waals surface area contributed by atoms with Crippen LogP contribution in [0.5, 0.6) is 11.5 Å². The third-order valence-electron chi connectivity index (χ3n) is 7.04. The number of thioether (sulfide) groups is 1. The van der Waals surface area contributed by atoms with Gasteiger partial charge in [0.05, 0.1) is 5.88 Å². The smallest absolute Gasteiger partial charge is 0.250 e. The number of nitrogens with zero attached hydrogens (tertiary/aromatic N) is 3. The Hall–Kier alpha value is -1.93. The largest absolute Gasteiger partial charge is 0.486 e. The molecule has 4 aliphatic rings. The number of amides is 2. The number of carbonyl (C=O) groups is 2. The van der Waals surface area contributed by atoms with Crippen LogP contribution in [0.3, 0.4) is 0 Å². The number of piperidine rings is 1. The molecule has 0 aromatic heterocycles. The summed E-state index contributed by atoms with van der Waals surface area (Å²) < 4.78 is 11.3. The number of likely N-dealkylation sites (tertiary alicyclic amines) is 1. The molecular formula is C23H31N3O4S. The normalized spacial score (nSPS) is 25.3. The highest BCUT2D eigenvalue weighted by Crippen LogP contribution is 2.40. The summed E-state index contributed by atoms with van der Waals surface area (Å²) in [7, 11) is 0. The van der Waals surface area contributed by atoms with Gasteiger partial charge >= 0.3 is 0 Å². The average molecular weight is 446 g/mol. The number of hydrogen-bond acceptors (Lipinski definition) is 6. The van der Waals surface area contributed by atoms with Crippen molar-refractivity contribution in [1.29, 1.82) is 0 Å². The van der Waals surface area contributed by atoms with Crippen molar-refractivity contribution in [1.82, 2.24) is 14.7 Å². The van der Waals surface area contributed by atoms with Crippen molar-refractivity contribution in [3.05, 3.63) is 23.8 Å². The first kappa shape index (κ1) is 20.9. The minimum absolute atomic E-state index is 0.165. The van der Waals surface area contributed by atoms with E-state index < -0.39 is 5.54 Å². The number of carbonyl (C=O) groups excluding carboxylic acids is 2. The van der Waals surface area contributed by atoms with Crippen LogP contribution >= 0.6 is 11.8 Å². The first-order chi connectivity index (χ1) is 15.1. The molecule has 1 aromatic rings. The Morgan fingerprint density at radius 1 is 1.13 bits per heavy atom. The van der Waals surface area contributed by atoms with Crippen LogP contribution in [-0.4, -0.2) is 82.6 Å². The number of benzene rings is 1. The number of rotatable bonds is 5. The summed E-state index contributed by atoms with van der Waals surface area (Å²) in [4.78, 5) is 33.1. The molecule has 1 unspecified atom stereocenters. The second-order valence-electron chi connectivity index (χ2n) is 8.92. The Morgan fingerprint density at radius 2 is 1.90 bits per heavy atom. The number of ether oxygens (including phenoxy) is 2. The molecule has 1 aromatic carbocycles. The molecule has 3 saturated heterocycles. The van der Waals surface area contributed by atoms with Crippen molar-refractivity contribution in [2.45, 2.75) is 50.7 Å². The summed E-state index contributed by atoms with van der Waals surface area (Å²) in [6.07, 6.45) is 3.38. The van der Waals surface area contributed by atoms with Gasteiger partial charge in [0.1, 0.15) is 24.8 Å². The first-order valence-corrected chi connectivity index (χ1v) is 12.6. The molecule has 0 N–H and O–H groups in total. The monoisotopic (exact) mass is 445 g/mol. The van der Waals surface area contributed by atoms with E-state index in [0.717, 1.165) is 49.7 Å². The molecule has 0 bridgehead atoms. The molecular weight excluding hydrogens is 414 g/mol. The van der Waals surface area contributed by atoms with Crippen LogP contribution in [0.25, 0.3) is 0 Å². The van der Waals surface area contributed by atoms with Crippen LogP contribution in [0.4, 0.5) is 0 Å². The fourth-order valence-corrected chi connectivity index (χ4v) is 6.42. The molecule has 7 nitrogen and oxygen atoms in total. The van der Waals surface area contributed by atoms with E-state index in [1.165, 1.54) is 5.56 Å². The molecule has 1 spiro atoms. The number of fused-ring (bicyclic) bond motifs is 2. The van der Waals surface area contributed by atoms with E-state index in [1.54, 1.807) is 11.8 Å². The van der Waals surface area contributed by atoms with Gasteiger partial charge in [-0.3, -0.25) is 14.5 Å². The summed E-state index contributed by atoms with van der Waals surface area (Å²) >= 11 is 1.70. The molecule has 5 rings (SSSR count). The predicted molar refractivity (Wildman–Crippen MR) is 119 cm³/mol. The molecule has 2 amide bonds. The maximum Gasteiger partial charge on any atom is 0.250 e. The van der Waals surface area contributed by atoms with Crippen molar-refractivity contribution in [3.63, 3.8) is 0 Å². The molecule has 31 heavy (non-hydrogen) atoms. The zero-order chi connectivity index (χ0) is 21.4. The van der Waals surface area contributed by atoms with Crippen LogP contribution in [0.1, 0.15) is 38.2 Å². The molecule has 0 saturated carbocycles. The quantitative estimate of drug-likeness (QED) is 0.693. The molecule has 8 heteroatoms. The number of piperazine rings is 1. The Kier molecular flexibility index (Phi) is 5.77. The van der Waals surface area contributed by atoms with Gasteiger partial charge in [0.2, 0.25) is 11.8 Å². The van der Waals surface area contributed by atoms with E-state index in [9.17, 15) is 9.59 Å². The van der Waals surface area contributed by atoms with E-state index >= 15 is 0 Å². The van der Waals surface area contributed by atoms with Crippen molar-refractivity contribution in [2.24, 2.45) is 0 Å². The predicted octanol–water partition coefficient (Wildman–Crippen LogP) is 2.34. The Labute approximate surface area is 188 Å². The summed E-state index contributed by atoms with van der Waals surface area (Å²) in [5.74, 6) is 3.35. The van der Waals surface area contributed by atoms with Crippen LogP contribution < -0.4 is 9.47 Å². The number of unbranched alkanes of at least 4 members (excludes halogenated alkanes) is 1. The summed E-state index contributed by atoms with van der Waals surface area (Å²) in [6, 6.07) is 5.88. The Morgan fingerprint density at radius 3 is 2.68 bits per heavy atom. The molecule has 4 aliphatic heterocycles. The Bertz CT molecular complexity index is 855. The fourth-order valence-electron chi connectivity index (χ4n) is 5.27. The molecule has 1 atom stereocenters. The van der Waals surface area contributed by atoms with E-state index in [-0.39, 0.29) is 17.9 Å². The topological polar surface area (TPSA) is 62.3 Å². The second kappa shape index (κ2) is 8.54. The summed E-state index contributed by atoms with van der Waals surface area (Å²) in [6.45, 7) is 6.44. The zero-order valence-corrected chi connectivity index (χ0v) is 19.0. The SMILES string of the molecule is CCCCN1C(=O)C2CSCN2C(=O)C12CCN(Cc1ccc3c(c1)OCCO3)CC2. The van der Waals surface area contributed by atoms with Crippen LogP contribution in [0.15, 0.2) is 18.2 Å². The Balaban J connectivity index is 1.30. The first-order valence-electron chi connectivity index (χ1n) is 11.4. The minimum atomic E-state index is -0.656. The van der Waals surface area contributed by atoms with Gasteiger partial charge in [-0.2, -0.15) is 0 Å².